The minimum atomic E-state index is 0.0286. The first-order chi connectivity index (χ1) is 10.3. The second-order valence-corrected chi connectivity index (χ2v) is 4.96. The minimum Gasteiger partial charge on any atom is -0.382 e. The average molecular weight is 292 g/mol. The Balaban J connectivity index is 1.67. The van der Waals surface area contributed by atoms with Crippen molar-refractivity contribution in [1.29, 1.82) is 0 Å². The highest BCUT2D eigenvalue weighted by atomic mass is 16.5. The fourth-order valence-electron chi connectivity index (χ4n) is 2.35. The Bertz CT molecular complexity index is 419. The normalized spacial score (nSPS) is 15.1. The second-order valence-electron chi connectivity index (χ2n) is 4.96. The molecular formula is C15H24N4O2. The quantitative estimate of drug-likeness (QED) is 0.804. The number of nitrogens with zero attached hydrogens (tertiary/aromatic N) is 3. The molecule has 0 spiro atoms. The molecule has 1 fully saturated rings. The Labute approximate surface area is 126 Å². The molecule has 1 saturated heterocycles. The molecule has 0 unspecified atom stereocenters. The molecule has 6 nitrogen and oxygen atoms in total. The molecule has 116 valence electrons. The standard InChI is InChI=1S/C15H24N4O2/c1-2-21-13-3-6-17-15(20)19-11-9-18(10-12-19)14-4-7-16-8-5-14/h4-5,7-8H,2-3,6,9-13H2,1H3,(H,17,20). The maximum atomic E-state index is 12.0. The van der Waals surface area contributed by atoms with Crippen molar-refractivity contribution in [2.24, 2.45) is 0 Å². The highest BCUT2D eigenvalue weighted by Gasteiger charge is 2.20. The highest BCUT2D eigenvalue weighted by molar-refractivity contribution is 5.74. The fourth-order valence-corrected chi connectivity index (χ4v) is 2.35. The van der Waals surface area contributed by atoms with Crippen LogP contribution in [0.15, 0.2) is 24.5 Å². The van der Waals surface area contributed by atoms with Crippen LogP contribution in [0, 0.1) is 0 Å². The summed E-state index contributed by atoms with van der Waals surface area (Å²) in [6, 6.07) is 4.04. The molecule has 1 aromatic heterocycles. The molecule has 2 amide bonds. The predicted octanol–water partition coefficient (Wildman–Crippen LogP) is 1.34. The van der Waals surface area contributed by atoms with Gasteiger partial charge >= 0.3 is 6.03 Å². The van der Waals surface area contributed by atoms with Gasteiger partial charge in [0.1, 0.15) is 0 Å². The largest absolute Gasteiger partial charge is 0.382 e. The van der Waals surface area contributed by atoms with E-state index in [0.717, 1.165) is 39.2 Å². The topological polar surface area (TPSA) is 57.7 Å². The van der Waals surface area contributed by atoms with E-state index in [1.165, 1.54) is 5.69 Å². The average Bonchev–Trinajstić information content (AvgIpc) is 2.55. The summed E-state index contributed by atoms with van der Waals surface area (Å²) in [6.45, 7) is 7.29. The van der Waals surface area contributed by atoms with E-state index in [9.17, 15) is 4.79 Å². The van der Waals surface area contributed by atoms with Gasteiger partial charge < -0.3 is 19.9 Å². The van der Waals surface area contributed by atoms with Gasteiger partial charge in [0.05, 0.1) is 0 Å². The molecule has 0 aromatic carbocycles. The van der Waals surface area contributed by atoms with Gasteiger partial charge in [-0.1, -0.05) is 0 Å². The van der Waals surface area contributed by atoms with E-state index in [1.807, 2.05) is 24.0 Å². The van der Waals surface area contributed by atoms with Gasteiger partial charge in [0.15, 0.2) is 0 Å². The maximum absolute atomic E-state index is 12.0. The number of amides is 2. The van der Waals surface area contributed by atoms with Crippen LogP contribution in [0.2, 0.25) is 0 Å². The summed E-state index contributed by atoms with van der Waals surface area (Å²) in [5.41, 5.74) is 1.17. The van der Waals surface area contributed by atoms with Crippen LogP contribution in [0.3, 0.4) is 0 Å². The number of nitrogens with one attached hydrogen (secondary N) is 1. The fraction of sp³-hybridized carbons (Fsp3) is 0.600. The summed E-state index contributed by atoms with van der Waals surface area (Å²) >= 11 is 0. The third kappa shape index (κ3) is 4.90. The van der Waals surface area contributed by atoms with Gasteiger partial charge in [0.25, 0.3) is 0 Å². The van der Waals surface area contributed by atoms with Gasteiger partial charge in [0.2, 0.25) is 0 Å². The van der Waals surface area contributed by atoms with Crippen LogP contribution in [0.1, 0.15) is 13.3 Å². The van der Waals surface area contributed by atoms with Gasteiger partial charge in [-0.05, 0) is 25.5 Å². The first-order valence-corrected chi connectivity index (χ1v) is 7.56. The maximum Gasteiger partial charge on any atom is 0.317 e. The molecule has 0 saturated carbocycles. The zero-order valence-electron chi connectivity index (χ0n) is 12.6. The number of carbonyl (C=O) groups is 1. The molecule has 2 heterocycles. The van der Waals surface area contributed by atoms with Crippen molar-refractivity contribution in [3.8, 4) is 0 Å². The number of aromatic nitrogens is 1. The Morgan fingerprint density at radius 2 is 2.00 bits per heavy atom. The monoisotopic (exact) mass is 292 g/mol. The number of rotatable bonds is 6. The molecule has 6 heteroatoms. The molecule has 2 rings (SSSR count). The van der Waals surface area contributed by atoms with Crippen molar-refractivity contribution in [3.05, 3.63) is 24.5 Å². The number of piperazine rings is 1. The Morgan fingerprint density at radius 1 is 1.29 bits per heavy atom. The number of hydrogen-bond donors (Lipinski definition) is 1. The first kappa shape index (κ1) is 15.6. The summed E-state index contributed by atoms with van der Waals surface area (Å²) in [4.78, 5) is 20.2. The Kier molecular flexibility index (Phi) is 6.27. The summed E-state index contributed by atoms with van der Waals surface area (Å²) < 4.78 is 5.25. The van der Waals surface area contributed by atoms with Gasteiger partial charge in [0, 0.05) is 64.0 Å². The highest BCUT2D eigenvalue weighted by Crippen LogP contribution is 2.14. The summed E-state index contributed by atoms with van der Waals surface area (Å²) in [7, 11) is 0. The Morgan fingerprint density at radius 3 is 2.67 bits per heavy atom. The van der Waals surface area contributed by atoms with E-state index >= 15 is 0 Å². The van der Waals surface area contributed by atoms with Crippen LogP contribution in [0.5, 0.6) is 0 Å². The predicted molar refractivity (Wildman–Crippen MR) is 82.5 cm³/mol. The lowest BCUT2D eigenvalue weighted by Gasteiger charge is -2.36. The van der Waals surface area contributed by atoms with Crippen LogP contribution in [0.25, 0.3) is 0 Å². The zero-order valence-corrected chi connectivity index (χ0v) is 12.6. The summed E-state index contributed by atoms with van der Waals surface area (Å²) in [5.74, 6) is 0. The molecule has 1 aromatic rings. The number of pyridine rings is 1. The molecule has 0 atom stereocenters. The molecule has 1 aliphatic rings. The van der Waals surface area contributed by atoms with Crippen LogP contribution in [-0.4, -0.2) is 61.9 Å². The van der Waals surface area contributed by atoms with Crippen molar-refractivity contribution >= 4 is 11.7 Å². The second kappa shape index (κ2) is 8.46. The number of anilines is 1. The van der Waals surface area contributed by atoms with Crippen LogP contribution < -0.4 is 10.2 Å². The minimum absolute atomic E-state index is 0.0286. The Hall–Kier alpha value is -1.82. The number of carbonyl (C=O) groups excluding carboxylic acids is 1. The lowest BCUT2D eigenvalue weighted by atomic mass is 10.3. The van der Waals surface area contributed by atoms with E-state index in [0.29, 0.717) is 13.2 Å². The van der Waals surface area contributed by atoms with E-state index in [4.69, 9.17) is 4.74 Å². The molecule has 0 radical (unpaired) electrons. The van der Waals surface area contributed by atoms with Crippen molar-refractivity contribution in [1.82, 2.24) is 15.2 Å². The lowest BCUT2D eigenvalue weighted by Crippen LogP contribution is -2.52. The van der Waals surface area contributed by atoms with Crippen LogP contribution >= 0.6 is 0 Å². The van der Waals surface area contributed by atoms with Gasteiger partial charge in [-0.25, -0.2) is 4.79 Å². The SMILES string of the molecule is CCOCCCNC(=O)N1CCN(c2ccncc2)CC1. The molecule has 21 heavy (non-hydrogen) atoms. The zero-order chi connectivity index (χ0) is 14.9. The van der Waals surface area contributed by atoms with Gasteiger partial charge in [-0.2, -0.15) is 0 Å². The van der Waals surface area contributed by atoms with Crippen LogP contribution in [-0.2, 0) is 4.74 Å². The van der Waals surface area contributed by atoms with E-state index in [-0.39, 0.29) is 6.03 Å². The first-order valence-electron chi connectivity index (χ1n) is 7.56. The third-order valence-corrected chi connectivity index (χ3v) is 3.54. The summed E-state index contributed by atoms with van der Waals surface area (Å²) in [5, 5.41) is 2.94. The third-order valence-electron chi connectivity index (χ3n) is 3.54. The van der Waals surface area contributed by atoms with Crippen molar-refractivity contribution in [2.45, 2.75) is 13.3 Å². The number of hydrogen-bond acceptors (Lipinski definition) is 4. The van der Waals surface area contributed by atoms with Crippen molar-refractivity contribution in [3.63, 3.8) is 0 Å². The smallest absolute Gasteiger partial charge is 0.317 e. The van der Waals surface area contributed by atoms with Gasteiger partial charge in [-0.15, -0.1) is 0 Å². The molecule has 0 aliphatic carbocycles. The number of urea groups is 1. The lowest BCUT2D eigenvalue weighted by molar-refractivity contribution is 0.143. The summed E-state index contributed by atoms with van der Waals surface area (Å²) in [6.07, 6.45) is 4.45. The molecule has 1 N–H and O–H groups in total. The van der Waals surface area contributed by atoms with E-state index in [1.54, 1.807) is 12.4 Å². The van der Waals surface area contributed by atoms with Crippen molar-refractivity contribution in [2.75, 3.05) is 50.8 Å². The molecule has 1 aliphatic heterocycles. The van der Waals surface area contributed by atoms with Crippen LogP contribution in [0.4, 0.5) is 10.5 Å². The van der Waals surface area contributed by atoms with Gasteiger partial charge in [-0.3, -0.25) is 4.98 Å². The van der Waals surface area contributed by atoms with E-state index < -0.39 is 0 Å². The molecular weight excluding hydrogens is 268 g/mol. The number of ether oxygens (including phenoxy) is 1. The molecule has 0 bridgehead atoms. The van der Waals surface area contributed by atoms with E-state index in [2.05, 4.69) is 15.2 Å². The van der Waals surface area contributed by atoms with Crippen molar-refractivity contribution < 1.29 is 9.53 Å².